The van der Waals surface area contributed by atoms with Crippen molar-refractivity contribution < 1.29 is 14.3 Å². The lowest BCUT2D eigenvalue weighted by molar-refractivity contribution is -0.135. The first kappa shape index (κ1) is 14.1. The van der Waals surface area contributed by atoms with Crippen LogP contribution in [0.4, 0.5) is 5.69 Å². The minimum absolute atomic E-state index is 0.0398. The lowest BCUT2D eigenvalue weighted by Gasteiger charge is -2.23. The molecule has 1 atom stereocenters. The Morgan fingerprint density at radius 3 is 2.86 bits per heavy atom. The van der Waals surface area contributed by atoms with Gasteiger partial charge >= 0.3 is 0 Å². The Balaban J connectivity index is 1.73. The topological polar surface area (TPSA) is 67.7 Å². The molecule has 0 saturated carbocycles. The third-order valence-corrected chi connectivity index (χ3v) is 4.49. The minimum atomic E-state index is -0.417. The van der Waals surface area contributed by atoms with Crippen LogP contribution in [0, 0.1) is 5.41 Å². The van der Waals surface area contributed by atoms with Gasteiger partial charge in [-0.15, -0.1) is 0 Å². The average Bonchev–Trinajstić information content (AvgIpc) is 3.14. The van der Waals surface area contributed by atoms with Crippen molar-refractivity contribution in [2.45, 2.75) is 12.8 Å². The number of aromatic nitrogens is 2. The molecule has 114 valence electrons. The number of nitrogens with zero attached hydrogens (tertiary/aromatic N) is 4. The monoisotopic (exact) mass is 292 g/mol. The van der Waals surface area contributed by atoms with E-state index in [1.54, 1.807) is 20.7 Å². The van der Waals surface area contributed by atoms with E-state index in [0.717, 1.165) is 18.5 Å². The van der Waals surface area contributed by atoms with E-state index in [-0.39, 0.29) is 18.4 Å². The molecule has 1 spiro atoms. The lowest BCUT2D eigenvalue weighted by atomic mass is 9.85. The molecule has 0 aliphatic carbocycles. The summed E-state index contributed by atoms with van der Waals surface area (Å²) < 4.78 is 6.58. The lowest BCUT2D eigenvalue weighted by Crippen LogP contribution is -2.39. The van der Waals surface area contributed by atoms with E-state index in [2.05, 4.69) is 5.10 Å². The van der Waals surface area contributed by atoms with E-state index >= 15 is 0 Å². The van der Waals surface area contributed by atoms with Gasteiger partial charge in [0.15, 0.2) is 0 Å². The highest BCUT2D eigenvalue weighted by molar-refractivity contribution is 6.00. The number of anilines is 1. The largest absolute Gasteiger partial charge is 0.375 e. The Labute approximate surface area is 123 Å². The van der Waals surface area contributed by atoms with Crippen LogP contribution in [0.2, 0.25) is 0 Å². The number of carbonyl (C=O) groups excluding carboxylic acids is 2. The van der Waals surface area contributed by atoms with Gasteiger partial charge in [-0.2, -0.15) is 5.10 Å². The van der Waals surface area contributed by atoms with Crippen LogP contribution in [0.25, 0.3) is 0 Å². The zero-order valence-electron chi connectivity index (χ0n) is 12.4. The fourth-order valence-corrected chi connectivity index (χ4v) is 3.29. The van der Waals surface area contributed by atoms with Crippen LogP contribution in [-0.2, 0) is 21.4 Å². The molecule has 0 N–H and O–H groups in total. The summed E-state index contributed by atoms with van der Waals surface area (Å²) in [4.78, 5) is 28.2. The van der Waals surface area contributed by atoms with Crippen LogP contribution in [0.3, 0.4) is 0 Å². The van der Waals surface area contributed by atoms with Gasteiger partial charge in [-0.1, -0.05) is 0 Å². The third kappa shape index (κ3) is 2.31. The second-order valence-corrected chi connectivity index (χ2v) is 5.86. The number of hydrogen-bond donors (Lipinski definition) is 0. The van der Waals surface area contributed by atoms with Crippen molar-refractivity contribution in [2.24, 2.45) is 12.5 Å². The van der Waals surface area contributed by atoms with Gasteiger partial charge in [0.05, 0.1) is 17.3 Å². The molecule has 0 aromatic carbocycles. The van der Waals surface area contributed by atoms with Crippen molar-refractivity contribution in [3.8, 4) is 0 Å². The van der Waals surface area contributed by atoms with Gasteiger partial charge in [-0.05, 0) is 12.8 Å². The van der Waals surface area contributed by atoms with Crippen molar-refractivity contribution in [3.63, 3.8) is 0 Å². The van der Waals surface area contributed by atoms with E-state index in [0.29, 0.717) is 19.6 Å². The van der Waals surface area contributed by atoms with Crippen LogP contribution in [0.1, 0.15) is 12.8 Å². The highest BCUT2D eigenvalue weighted by Crippen LogP contribution is 2.42. The van der Waals surface area contributed by atoms with Crippen LogP contribution in [0.15, 0.2) is 12.4 Å². The summed E-state index contributed by atoms with van der Waals surface area (Å²) in [5.41, 5.74) is 0.417. The standard InChI is InChI=1S/C14H20N4O3/c1-16-8-11(7-15-16)18-6-4-14(13(18)20)3-5-17(10-14)12(19)9-21-2/h7-8H,3-6,9-10H2,1-2H3/t14-/m0/s1. The molecule has 1 aromatic rings. The van der Waals surface area contributed by atoms with E-state index in [1.165, 1.54) is 7.11 Å². The second kappa shape index (κ2) is 5.14. The number of methoxy groups -OCH3 is 1. The molecule has 21 heavy (non-hydrogen) atoms. The first-order valence-corrected chi connectivity index (χ1v) is 7.13. The van der Waals surface area contributed by atoms with Gasteiger partial charge in [-0.3, -0.25) is 14.3 Å². The molecule has 2 fully saturated rings. The molecule has 2 amide bonds. The number of amides is 2. The summed E-state index contributed by atoms with van der Waals surface area (Å²) in [5.74, 6) is 0.0743. The summed E-state index contributed by atoms with van der Waals surface area (Å²) in [5, 5.41) is 4.12. The van der Waals surface area contributed by atoms with E-state index in [4.69, 9.17) is 4.74 Å². The number of ether oxygens (including phenoxy) is 1. The number of carbonyl (C=O) groups is 2. The van der Waals surface area contributed by atoms with Gasteiger partial charge < -0.3 is 14.5 Å². The highest BCUT2D eigenvalue weighted by atomic mass is 16.5. The van der Waals surface area contributed by atoms with Crippen molar-refractivity contribution in [2.75, 3.05) is 38.3 Å². The Hall–Kier alpha value is -1.89. The van der Waals surface area contributed by atoms with Crippen LogP contribution >= 0.6 is 0 Å². The number of likely N-dealkylation sites (tertiary alicyclic amines) is 1. The molecule has 7 nitrogen and oxygen atoms in total. The minimum Gasteiger partial charge on any atom is -0.375 e. The fraction of sp³-hybridized carbons (Fsp3) is 0.643. The third-order valence-electron chi connectivity index (χ3n) is 4.49. The summed E-state index contributed by atoms with van der Waals surface area (Å²) in [7, 11) is 3.34. The van der Waals surface area contributed by atoms with Crippen molar-refractivity contribution in [1.82, 2.24) is 14.7 Å². The van der Waals surface area contributed by atoms with E-state index in [1.807, 2.05) is 13.2 Å². The van der Waals surface area contributed by atoms with Gasteiger partial charge in [0, 0.05) is 40.0 Å². The maximum absolute atomic E-state index is 12.8. The van der Waals surface area contributed by atoms with Crippen LogP contribution < -0.4 is 4.90 Å². The van der Waals surface area contributed by atoms with Gasteiger partial charge in [0.2, 0.25) is 11.8 Å². The zero-order valence-corrected chi connectivity index (χ0v) is 12.4. The Bertz CT molecular complexity index is 570. The smallest absolute Gasteiger partial charge is 0.248 e. The normalized spacial score (nSPS) is 25.3. The molecular formula is C14H20N4O3. The van der Waals surface area contributed by atoms with Crippen LogP contribution in [-0.4, -0.2) is 59.8 Å². The van der Waals surface area contributed by atoms with Crippen molar-refractivity contribution in [1.29, 1.82) is 0 Å². The Morgan fingerprint density at radius 2 is 2.19 bits per heavy atom. The quantitative estimate of drug-likeness (QED) is 0.788. The predicted octanol–water partition coefficient (Wildman–Crippen LogP) is 0.0219. The Kier molecular flexibility index (Phi) is 3.44. The van der Waals surface area contributed by atoms with Crippen molar-refractivity contribution in [3.05, 3.63) is 12.4 Å². The van der Waals surface area contributed by atoms with Crippen molar-refractivity contribution >= 4 is 17.5 Å². The van der Waals surface area contributed by atoms with E-state index < -0.39 is 5.41 Å². The summed E-state index contributed by atoms with van der Waals surface area (Å²) >= 11 is 0. The van der Waals surface area contributed by atoms with Gasteiger partial charge in [-0.25, -0.2) is 0 Å². The molecule has 7 heteroatoms. The summed E-state index contributed by atoms with van der Waals surface area (Å²) in [6.07, 6.45) is 5.08. The second-order valence-electron chi connectivity index (χ2n) is 5.86. The molecule has 2 saturated heterocycles. The molecule has 3 heterocycles. The number of aryl methyl sites for hydroxylation is 1. The Morgan fingerprint density at radius 1 is 1.43 bits per heavy atom. The summed E-state index contributed by atoms with van der Waals surface area (Å²) in [6, 6.07) is 0. The molecule has 0 radical (unpaired) electrons. The molecule has 0 bridgehead atoms. The fourth-order valence-electron chi connectivity index (χ4n) is 3.29. The molecular weight excluding hydrogens is 272 g/mol. The average molecular weight is 292 g/mol. The molecule has 3 rings (SSSR count). The van der Waals surface area contributed by atoms with Gasteiger partial charge in [0.1, 0.15) is 6.61 Å². The molecule has 2 aliphatic rings. The zero-order chi connectivity index (χ0) is 15.0. The SMILES string of the molecule is COCC(=O)N1CC[C@]2(CCN(c3cnn(C)c3)C2=O)C1. The molecule has 2 aliphatic heterocycles. The molecule has 0 unspecified atom stereocenters. The first-order valence-electron chi connectivity index (χ1n) is 7.13. The number of hydrogen-bond acceptors (Lipinski definition) is 4. The maximum atomic E-state index is 12.8. The predicted molar refractivity (Wildman–Crippen MR) is 75.7 cm³/mol. The molecule has 1 aromatic heterocycles. The first-order chi connectivity index (χ1) is 10.1. The van der Waals surface area contributed by atoms with Crippen LogP contribution in [0.5, 0.6) is 0 Å². The highest BCUT2D eigenvalue weighted by Gasteiger charge is 2.52. The van der Waals surface area contributed by atoms with Gasteiger partial charge in [0.25, 0.3) is 0 Å². The maximum Gasteiger partial charge on any atom is 0.248 e. The summed E-state index contributed by atoms with van der Waals surface area (Å²) in [6.45, 7) is 1.91. The van der Waals surface area contributed by atoms with E-state index in [9.17, 15) is 9.59 Å². The number of rotatable bonds is 3.